The van der Waals surface area contributed by atoms with Gasteiger partial charge in [-0.3, -0.25) is 0 Å². The van der Waals surface area contributed by atoms with Crippen molar-refractivity contribution in [3.8, 4) is 0 Å². The Labute approximate surface area is 118 Å². The van der Waals surface area contributed by atoms with Gasteiger partial charge < -0.3 is 10.7 Å². The van der Waals surface area contributed by atoms with Crippen molar-refractivity contribution in [1.29, 1.82) is 0 Å². The third kappa shape index (κ3) is 1.59. The van der Waals surface area contributed by atoms with Crippen molar-refractivity contribution < 1.29 is 0 Å². The van der Waals surface area contributed by atoms with Gasteiger partial charge in [-0.1, -0.05) is 0 Å². The molecule has 0 amide bonds. The Morgan fingerprint density at radius 1 is 1.00 bits per heavy atom. The summed E-state index contributed by atoms with van der Waals surface area (Å²) in [5, 5.41) is 3.67. The van der Waals surface area contributed by atoms with Gasteiger partial charge in [-0.2, -0.15) is 0 Å². The topological polar surface area (TPSA) is 75.9 Å². The molecule has 4 aliphatic rings. The van der Waals surface area contributed by atoms with E-state index in [-0.39, 0.29) is 0 Å². The molecule has 4 atom stereocenters. The third-order valence-corrected chi connectivity index (χ3v) is 5.88. The lowest BCUT2D eigenvalue weighted by Gasteiger charge is -2.13. The quantitative estimate of drug-likeness (QED) is 0.577. The normalized spacial score (nSPS) is 40.5. The zero-order valence-electron chi connectivity index (χ0n) is 11.5. The number of nitrogen functional groups attached to an aromatic ring is 1. The molecule has 0 saturated heterocycles. The third-order valence-electron chi connectivity index (χ3n) is 5.88. The lowest BCUT2D eigenvalue weighted by molar-refractivity contribution is 0.456. The van der Waals surface area contributed by atoms with Gasteiger partial charge in [-0.05, 0) is 55.8 Å². The summed E-state index contributed by atoms with van der Waals surface area (Å²) in [6.45, 7) is 0. The molecule has 4 fully saturated rings. The van der Waals surface area contributed by atoms with Crippen LogP contribution in [0.4, 0.5) is 11.6 Å². The first-order valence-electron chi connectivity index (χ1n) is 7.95. The molecule has 0 spiro atoms. The minimum Gasteiger partial charge on any atom is -0.367 e. The second-order valence-corrected chi connectivity index (χ2v) is 7.07. The molecule has 0 aliphatic heterocycles. The van der Waals surface area contributed by atoms with E-state index < -0.39 is 0 Å². The molecule has 4 saturated carbocycles. The van der Waals surface area contributed by atoms with E-state index in [4.69, 9.17) is 10.8 Å². The monoisotopic (exact) mass is 271 g/mol. The summed E-state index contributed by atoms with van der Waals surface area (Å²) < 4.78 is 0. The van der Waals surface area contributed by atoms with Crippen molar-refractivity contribution in [1.82, 2.24) is 9.97 Å². The minimum atomic E-state index is 0.554. The largest absolute Gasteiger partial charge is 0.367 e. The first-order chi connectivity index (χ1) is 9.83. The number of anilines is 2. The molecular weight excluding hydrogens is 250 g/mol. The molecule has 2 bridgehead atoms. The molecule has 1 aromatic rings. The maximum atomic E-state index is 5.53. The number of hydrogen-bond donors (Lipinski definition) is 3. The van der Waals surface area contributed by atoms with Crippen molar-refractivity contribution in [2.45, 2.75) is 44.1 Å². The number of nitrogens with zero attached hydrogens (tertiary/aromatic N) is 2. The van der Waals surface area contributed by atoms with Gasteiger partial charge in [0.05, 0.1) is 0 Å². The summed E-state index contributed by atoms with van der Waals surface area (Å²) in [7, 11) is 0. The SMILES string of the molecule is NNc1cc(NC2C3C4CCC(C4)C23)nc(C2CC2)n1. The summed E-state index contributed by atoms with van der Waals surface area (Å²) in [6.07, 6.45) is 6.83. The van der Waals surface area contributed by atoms with Crippen LogP contribution in [0, 0.1) is 23.7 Å². The molecule has 106 valence electrons. The van der Waals surface area contributed by atoms with Crippen molar-refractivity contribution >= 4 is 11.6 Å². The van der Waals surface area contributed by atoms with Crippen LogP contribution in [-0.2, 0) is 0 Å². The van der Waals surface area contributed by atoms with Gasteiger partial charge in [0.25, 0.3) is 0 Å². The van der Waals surface area contributed by atoms with Crippen LogP contribution >= 0.6 is 0 Å². The predicted octanol–water partition coefficient (Wildman–Crippen LogP) is 2.10. The van der Waals surface area contributed by atoms with Crippen LogP contribution < -0.4 is 16.6 Å². The number of nitrogens with two attached hydrogens (primary N) is 1. The molecule has 4 aliphatic carbocycles. The summed E-state index contributed by atoms with van der Waals surface area (Å²) in [5.41, 5.74) is 2.67. The summed E-state index contributed by atoms with van der Waals surface area (Å²) >= 11 is 0. The Kier molecular flexibility index (Phi) is 2.18. The highest BCUT2D eigenvalue weighted by Crippen LogP contribution is 2.66. The highest BCUT2D eigenvalue weighted by atomic mass is 15.3. The van der Waals surface area contributed by atoms with Crippen LogP contribution in [0.1, 0.15) is 43.8 Å². The van der Waals surface area contributed by atoms with Crippen molar-refractivity contribution in [3.63, 3.8) is 0 Å². The molecule has 4 unspecified atom stereocenters. The number of aromatic nitrogens is 2. The van der Waals surface area contributed by atoms with Gasteiger partial charge in [0.1, 0.15) is 17.5 Å². The fraction of sp³-hybridized carbons (Fsp3) is 0.733. The van der Waals surface area contributed by atoms with Gasteiger partial charge in [0.2, 0.25) is 0 Å². The minimum absolute atomic E-state index is 0.554. The Morgan fingerprint density at radius 2 is 1.70 bits per heavy atom. The van der Waals surface area contributed by atoms with Crippen molar-refractivity contribution in [3.05, 3.63) is 11.9 Å². The Hall–Kier alpha value is -1.36. The fourth-order valence-electron chi connectivity index (χ4n) is 4.83. The van der Waals surface area contributed by atoms with E-state index in [2.05, 4.69) is 15.7 Å². The van der Waals surface area contributed by atoms with Crippen molar-refractivity contribution in [2.75, 3.05) is 10.7 Å². The van der Waals surface area contributed by atoms with E-state index in [1.807, 2.05) is 6.07 Å². The molecular formula is C15H21N5. The summed E-state index contributed by atoms with van der Waals surface area (Å²) in [5.74, 6) is 12.6. The lowest BCUT2D eigenvalue weighted by atomic mass is 10.0. The molecule has 1 aromatic heterocycles. The molecule has 0 aromatic carbocycles. The number of rotatable bonds is 4. The standard InChI is InChI=1S/C15H21N5/c16-20-11-6-10(18-15(19-11)7-1-2-7)17-14-12-8-3-4-9(5-8)13(12)14/h6-9,12-14H,1-5,16H2,(H2,17,18,19,20). The molecule has 20 heavy (non-hydrogen) atoms. The first-order valence-corrected chi connectivity index (χ1v) is 7.95. The highest BCUT2D eigenvalue weighted by molar-refractivity contribution is 5.49. The fourth-order valence-corrected chi connectivity index (χ4v) is 4.83. The Bertz CT molecular complexity index is 539. The van der Waals surface area contributed by atoms with Gasteiger partial charge >= 0.3 is 0 Å². The van der Waals surface area contributed by atoms with Crippen LogP contribution in [-0.4, -0.2) is 16.0 Å². The van der Waals surface area contributed by atoms with Crippen molar-refractivity contribution in [2.24, 2.45) is 29.5 Å². The van der Waals surface area contributed by atoms with E-state index in [9.17, 15) is 0 Å². The second-order valence-electron chi connectivity index (χ2n) is 7.07. The molecule has 5 nitrogen and oxygen atoms in total. The number of nitrogens with one attached hydrogen (secondary N) is 2. The smallest absolute Gasteiger partial charge is 0.145 e. The molecule has 5 heteroatoms. The van der Waals surface area contributed by atoms with Crippen LogP contribution in [0.5, 0.6) is 0 Å². The zero-order chi connectivity index (χ0) is 13.3. The first kappa shape index (κ1) is 11.3. The number of hydrogen-bond acceptors (Lipinski definition) is 5. The van der Waals surface area contributed by atoms with Crippen LogP contribution in [0.15, 0.2) is 6.07 Å². The Morgan fingerprint density at radius 3 is 2.35 bits per heavy atom. The van der Waals surface area contributed by atoms with Gasteiger partial charge in [-0.15, -0.1) is 0 Å². The average Bonchev–Trinajstić information content (AvgIpc) is 3.37. The van der Waals surface area contributed by atoms with E-state index >= 15 is 0 Å². The average molecular weight is 271 g/mol. The van der Waals surface area contributed by atoms with Gasteiger partial charge in [0.15, 0.2) is 0 Å². The predicted molar refractivity (Wildman–Crippen MR) is 77.0 cm³/mol. The van der Waals surface area contributed by atoms with E-state index in [0.29, 0.717) is 12.0 Å². The number of hydrazine groups is 1. The lowest BCUT2D eigenvalue weighted by Crippen LogP contribution is -2.16. The summed E-state index contributed by atoms with van der Waals surface area (Å²) in [4.78, 5) is 9.17. The van der Waals surface area contributed by atoms with E-state index in [1.54, 1.807) is 0 Å². The maximum absolute atomic E-state index is 5.53. The van der Waals surface area contributed by atoms with Crippen LogP contribution in [0.25, 0.3) is 0 Å². The second kappa shape index (κ2) is 3.85. The van der Waals surface area contributed by atoms with Gasteiger partial charge in [0, 0.05) is 18.0 Å². The molecule has 1 heterocycles. The maximum Gasteiger partial charge on any atom is 0.145 e. The molecule has 0 radical (unpaired) electrons. The zero-order valence-corrected chi connectivity index (χ0v) is 11.5. The Balaban J connectivity index is 1.38. The van der Waals surface area contributed by atoms with E-state index in [0.717, 1.165) is 41.1 Å². The van der Waals surface area contributed by atoms with E-state index in [1.165, 1.54) is 32.1 Å². The molecule has 4 N–H and O–H groups in total. The van der Waals surface area contributed by atoms with Gasteiger partial charge in [-0.25, -0.2) is 15.8 Å². The number of fused-ring (bicyclic) bond motifs is 5. The van der Waals surface area contributed by atoms with Crippen LogP contribution in [0.3, 0.4) is 0 Å². The van der Waals surface area contributed by atoms with Crippen LogP contribution in [0.2, 0.25) is 0 Å². The highest BCUT2D eigenvalue weighted by Gasteiger charge is 2.65. The summed E-state index contributed by atoms with van der Waals surface area (Å²) in [6, 6.07) is 2.61. The molecule has 5 rings (SSSR count).